The Morgan fingerprint density at radius 1 is 1.17 bits per heavy atom. The molecule has 41 heavy (non-hydrogen) atoms. The van der Waals surface area contributed by atoms with Crippen molar-refractivity contribution in [3.63, 3.8) is 0 Å². The van der Waals surface area contributed by atoms with Crippen LogP contribution in [0.5, 0.6) is 0 Å². The molecule has 0 aliphatic heterocycles. The van der Waals surface area contributed by atoms with Gasteiger partial charge in [-0.25, -0.2) is 14.2 Å². The van der Waals surface area contributed by atoms with Gasteiger partial charge in [0, 0.05) is 47.0 Å². The third-order valence-electron chi connectivity index (χ3n) is 6.71. The van der Waals surface area contributed by atoms with Crippen LogP contribution in [0, 0.1) is 11.7 Å². The van der Waals surface area contributed by atoms with Crippen molar-refractivity contribution in [2.24, 2.45) is 5.92 Å². The number of rotatable bonds is 11. The predicted octanol–water partition coefficient (Wildman–Crippen LogP) is 3.23. The number of nitrogens with zero attached hydrogens (tertiary/aromatic N) is 5. The highest BCUT2D eigenvalue weighted by Crippen LogP contribution is 2.32. The highest BCUT2D eigenvalue weighted by atomic mass is 19.1. The fourth-order valence-electron chi connectivity index (χ4n) is 4.21. The van der Waals surface area contributed by atoms with Crippen LogP contribution in [0.25, 0.3) is 11.0 Å². The highest BCUT2D eigenvalue weighted by Gasteiger charge is 2.26. The van der Waals surface area contributed by atoms with Crippen molar-refractivity contribution in [2.45, 2.75) is 44.9 Å². The number of benzene rings is 1. The molecule has 2 aromatic heterocycles. The number of amides is 3. The van der Waals surface area contributed by atoms with Crippen LogP contribution in [0.1, 0.15) is 31.5 Å². The highest BCUT2D eigenvalue weighted by molar-refractivity contribution is 5.95. The molecule has 0 saturated heterocycles. The fourth-order valence-corrected chi connectivity index (χ4v) is 4.21. The maximum Gasteiger partial charge on any atom is 0.410 e. The molecule has 1 aliphatic carbocycles. The van der Waals surface area contributed by atoms with Crippen LogP contribution >= 0.6 is 0 Å². The number of aromatic nitrogens is 3. The van der Waals surface area contributed by atoms with Gasteiger partial charge in [-0.1, -0.05) is 6.08 Å². The molecule has 1 aliphatic rings. The number of nitrogens with one attached hydrogen (secondary N) is 1. The van der Waals surface area contributed by atoms with Crippen LogP contribution in [-0.2, 0) is 27.4 Å². The first-order valence-corrected chi connectivity index (χ1v) is 13.4. The van der Waals surface area contributed by atoms with Gasteiger partial charge in [-0.3, -0.25) is 14.4 Å². The summed E-state index contributed by atoms with van der Waals surface area (Å²) in [7, 11) is 6.23. The van der Waals surface area contributed by atoms with E-state index in [0.717, 1.165) is 24.9 Å². The number of carbonyl (C=O) groups excluding carboxylic acids is 3. The van der Waals surface area contributed by atoms with Gasteiger partial charge in [0.05, 0.1) is 17.6 Å². The van der Waals surface area contributed by atoms with Gasteiger partial charge in [0.2, 0.25) is 5.91 Å². The van der Waals surface area contributed by atoms with E-state index >= 15 is 0 Å². The molecule has 1 fully saturated rings. The number of anilines is 1. The van der Waals surface area contributed by atoms with E-state index in [1.807, 2.05) is 4.57 Å². The van der Waals surface area contributed by atoms with E-state index in [0.29, 0.717) is 17.3 Å². The van der Waals surface area contributed by atoms with Gasteiger partial charge in [0.1, 0.15) is 17.3 Å². The number of fused-ring (bicyclic) bond motifs is 1. The van der Waals surface area contributed by atoms with E-state index in [9.17, 15) is 23.6 Å². The van der Waals surface area contributed by atoms with Gasteiger partial charge < -0.3 is 29.0 Å². The Kier molecular flexibility index (Phi) is 9.21. The molecule has 4 rings (SSSR count). The average molecular weight is 567 g/mol. The van der Waals surface area contributed by atoms with Crippen LogP contribution in [0.2, 0.25) is 0 Å². The molecule has 1 unspecified atom stereocenters. The summed E-state index contributed by atoms with van der Waals surface area (Å²) < 4.78 is 22.7. The molecule has 218 valence electrons. The maximum absolute atomic E-state index is 13.9. The number of pyridine rings is 1. The van der Waals surface area contributed by atoms with Crippen molar-refractivity contribution in [1.82, 2.24) is 23.9 Å². The Bertz CT molecular complexity index is 1520. The molecular weight excluding hydrogens is 531 g/mol. The van der Waals surface area contributed by atoms with Crippen molar-refractivity contribution in [1.29, 1.82) is 0 Å². The Labute approximate surface area is 237 Å². The molecule has 1 aromatic carbocycles. The lowest BCUT2D eigenvalue weighted by molar-refractivity contribution is -0.125. The largest absolute Gasteiger partial charge is 0.436 e. The summed E-state index contributed by atoms with van der Waals surface area (Å²) in [6.45, 7) is 0.853. The third kappa shape index (κ3) is 7.59. The number of halogens is 1. The van der Waals surface area contributed by atoms with E-state index in [1.54, 1.807) is 38.5 Å². The molecule has 3 amide bonds. The van der Waals surface area contributed by atoms with Crippen LogP contribution in [0.15, 0.2) is 53.5 Å². The van der Waals surface area contributed by atoms with E-state index in [1.165, 1.54) is 52.7 Å². The minimum atomic E-state index is -1.20. The molecule has 1 saturated carbocycles. The second-order valence-electron chi connectivity index (χ2n) is 10.5. The minimum absolute atomic E-state index is 0.0117. The molecule has 1 N–H and O–H groups in total. The number of hydrogen-bond acceptors (Lipinski definition) is 6. The molecule has 11 nitrogen and oxygen atoms in total. The predicted molar refractivity (Wildman–Crippen MR) is 152 cm³/mol. The summed E-state index contributed by atoms with van der Waals surface area (Å²) in [6, 6.07) is 7.57. The molecule has 0 bridgehead atoms. The zero-order valence-corrected chi connectivity index (χ0v) is 23.7. The Hall–Kier alpha value is -4.48. The van der Waals surface area contributed by atoms with Gasteiger partial charge in [0.15, 0.2) is 6.10 Å². The lowest BCUT2D eigenvalue weighted by Gasteiger charge is -2.20. The number of imidazole rings is 1. The number of likely N-dealkylation sites (N-methyl/N-ethyl adjacent to an activating group) is 1. The topological polar surface area (TPSA) is 119 Å². The van der Waals surface area contributed by atoms with Crippen molar-refractivity contribution < 1.29 is 23.5 Å². The number of allylic oxidation sites excluding steroid dienone is 1. The molecule has 12 heteroatoms. The SMILES string of the molecule is CN(C)C(=O)C=CCCC(OC(=O)N(C)C)C(=O)Nc1cccn(Cc2nc3cc(F)ccc3n2CC2CC2)c1=O. The molecule has 2 heterocycles. The second-order valence-corrected chi connectivity index (χ2v) is 10.5. The summed E-state index contributed by atoms with van der Waals surface area (Å²) >= 11 is 0. The minimum Gasteiger partial charge on any atom is -0.436 e. The first-order chi connectivity index (χ1) is 19.5. The van der Waals surface area contributed by atoms with Gasteiger partial charge in [0.25, 0.3) is 11.5 Å². The lowest BCUT2D eigenvalue weighted by atomic mass is 10.1. The Morgan fingerprint density at radius 2 is 1.93 bits per heavy atom. The van der Waals surface area contributed by atoms with Crippen LogP contribution in [-0.4, -0.2) is 76.1 Å². The van der Waals surface area contributed by atoms with E-state index in [4.69, 9.17) is 4.74 Å². The average Bonchev–Trinajstić information content (AvgIpc) is 3.68. The molecule has 1 atom stereocenters. The van der Waals surface area contributed by atoms with E-state index in [2.05, 4.69) is 10.3 Å². The summed E-state index contributed by atoms with van der Waals surface area (Å²) in [4.78, 5) is 57.7. The first-order valence-electron chi connectivity index (χ1n) is 13.4. The van der Waals surface area contributed by atoms with Crippen molar-refractivity contribution in [2.75, 3.05) is 33.5 Å². The van der Waals surface area contributed by atoms with Crippen molar-refractivity contribution in [3.05, 3.63) is 70.7 Å². The second kappa shape index (κ2) is 12.8. The monoisotopic (exact) mass is 566 g/mol. The van der Waals surface area contributed by atoms with Crippen LogP contribution in [0.4, 0.5) is 14.9 Å². The first kappa shape index (κ1) is 29.5. The van der Waals surface area contributed by atoms with Crippen LogP contribution < -0.4 is 10.9 Å². The molecular formula is C29H35FN6O5. The quantitative estimate of drug-likeness (QED) is 0.356. The van der Waals surface area contributed by atoms with E-state index < -0.39 is 23.7 Å². The van der Waals surface area contributed by atoms with Crippen molar-refractivity contribution >= 4 is 34.6 Å². The van der Waals surface area contributed by atoms with Crippen LogP contribution in [0.3, 0.4) is 0 Å². The summed E-state index contributed by atoms with van der Waals surface area (Å²) in [5.41, 5.74) is 0.867. The summed E-state index contributed by atoms with van der Waals surface area (Å²) in [5.74, 6) is -0.127. The summed E-state index contributed by atoms with van der Waals surface area (Å²) in [5, 5.41) is 2.60. The van der Waals surface area contributed by atoms with Gasteiger partial charge in [-0.2, -0.15) is 0 Å². The zero-order valence-electron chi connectivity index (χ0n) is 23.7. The Balaban J connectivity index is 1.53. The number of hydrogen-bond donors (Lipinski definition) is 1. The third-order valence-corrected chi connectivity index (χ3v) is 6.71. The van der Waals surface area contributed by atoms with Gasteiger partial charge in [-0.05, 0) is 61.9 Å². The summed E-state index contributed by atoms with van der Waals surface area (Å²) in [6.07, 6.45) is 5.28. The standard InChI is InChI=1S/C29H35FN6O5/c1-33(2)26(37)10-6-5-9-24(41-29(40)34(3)4)27(38)32-21-8-7-15-35(28(21)39)18-25-31-22-16-20(30)13-14-23(22)36(25)17-19-11-12-19/h6-8,10,13-16,19,24H,5,9,11-12,17-18H2,1-4H3,(H,32,38). The van der Waals surface area contributed by atoms with Gasteiger partial charge >= 0.3 is 6.09 Å². The maximum atomic E-state index is 13.9. The normalized spacial score (nSPS) is 13.8. The molecule has 0 radical (unpaired) electrons. The van der Waals surface area contributed by atoms with Gasteiger partial charge in [-0.15, -0.1) is 0 Å². The number of ether oxygens (including phenoxy) is 1. The molecule has 3 aromatic rings. The molecule has 0 spiro atoms. The zero-order chi connectivity index (χ0) is 29.7. The number of carbonyl (C=O) groups is 3. The van der Waals surface area contributed by atoms with E-state index in [-0.39, 0.29) is 36.8 Å². The fraction of sp³-hybridized carbons (Fsp3) is 0.414. The van der Waals surface area contributed by atoms with Crippen molar-refractivity contribution in [3.8, 4) is 0 Å². The Morgan fingerprint density at radius 3 is 2.61 bits per heavy atom. The lowest BCUT2D eigenvalue weighted by Crippen LogP contribution is -2.37. The smallest absolute Gasteiger partial charge is 0.410 e.